The van der Waals surface area contributed by atoms with E-state index < -0.39 is 0 Å². The number of unbranched alkanes of at least 4 members (excludes halogenated alkanes) is 1. The third-order valence-corrected chi connectivity index (χ3v) is 7.52. The molecule has 0 radical (unpaired) electrons. The van der Waals surface area contributed by atoms with Crippen molar-refractivity contribution in [3.05, 3.63) is 115 Å². The van der Waals surface area contributed by atoms with Crippen LogP contribution in [0.5, 0.6) is 0 Å². The molecule has 1 atom stereocenters. The molecule has 1 aromatic heterocycles. The van der Waals surface area contributed by atoms with Gasteiger partial charge in [0, 0.05) is 57.1 Å². The van der Waals surface area contributed by atoms with Crippen molar-refractivity contribution in [2.75, 3.05) is 32.7 Å². The summed E-state index contributed by atoms with van der Waals surface area (Å²) in [4.78, 5) is 14.2. The highest BCUT2D eigenvalue weighted by Crippen LogP contribution is 2.20. The zero-order chi connectivity index (χ0) is 33.2. The van der Waals surface area contributed by atoms with Crippen molar-refractivity contribution in [2.24, 2.45) is 16.3 Å². The van der Waals surface area contributed by atoms with Crippen LogP contribution in [0.2, 0.25) is 0 Å². The average Bonchev–Trinajstić information content (AvgIpc) is 3.02. The Morgan fingerprint density at radius 2 is 1.75 bits per heavy atom. The smallest absolute Gasteiger partial charge is 0.0544 e. The van der Waals surface area contributed by atoms with Crippen molar-refractivity contribution >= 4 is 5.71 Å². The standard InChI is InChI=1S/C34H52N4.C6H12/c1-10-18-32(35-14-5)27-38(26-31(30(7)12-3)19-17-21-34(8,9)13-4)24-23-37(25-29(6)11-2)28-33-20-15-16-22-36-33;1-3-5-6-4-2/h10-11,13-22,30H,4-5,12,23-28H2,1-3,6-9H3;3,5H,4,6H2,1-2H3/b18-10-,21-17-,29-11+,31-19-,35-32?;5-3+. The van der Waals surface area contributed by atoms with Gasteiger partial charge in [-0.1, -0.05) is 113 Å². The largest absolute Gasteiger partial charge is 0.292 e. The van der Waals surface area contributed by atoms with Gasteiger partial charge in [-0.2, -0.15) is 0 Å². The minimum absolute atomic E-state index is 0.0247. The molecule has 1 rings (SSSR count). The lowest BCUT2D eigenvalue weighted by molar-refractivity contribution is 0.227. The van der Waals surface area contributed by atoms with Gasteiger partial charge >= 0.3 is 0 Å². The van der Waals surface area contributed by atoms with Crippen LogP contribution in [0.4, 0.5) is 0 Å². The summed E-state index contributed by atoms with van der Waals surface area (Å²) >= 11 is 0. The number of pyridine rings is 1. The van der Waals surface area contributed by atoms with Gasteiger partial charge in [0.25, 0.3) is 0 Å². The van der Waals surface area contributed by atoms with Crippen LogP contribution in [-0.2, 0) is 6.54 Å². The van der Waals surface area contributed by atoms with E-state index in [9.17, 15) is 0 Å². The molecule has 4 heteroatoms. The van der Waals surface area contributed by atoms with Gasteiger partial charge in [-0.25, -0.2) is 0 Å². The predicted molar refractivity (Wildman–Crippen MR) is 198 cm³/mol. The topological polar surface area (TPSA) is 31.7 Å². The molecule has 244 valence electrons. The quantitative estimate of drug-likeness (QED) is 0.0848. The molecule has 1 unspecified atom stereocenters. The highest BCUT2D eigenvalue weighted by Gasteiger charge is 2.16. The van der Waals surface area contributed by atoms with Gasteiger partial charge in [0.05, 0.1) is 11.4 Å². The van der Waals surface area contributed by atoms with E-state index in [1.807, 2.05) is 25.3 Å². The summed E-state index contributed by atoms with van der Waals surface area (Å²) in [5.74, 6) is 0.491. The molecule has 0 N–H and O–H groups in total. The fraction of sp³-hybridized carbons (Fsp3) is 0.500. The Morgan fingerprint density at radius 1 is 1.02 bits per heavy atom. The van der Waals surface area contributed by atoms with Gasteiger partial charge in [0.15, 0.2) is 0 Å². The van der Waals surface area contributed by atoms with E-state index in [2.05, 4.69) is 149 Å². The van der Waals surface area contributed by atoms with Crippen LogP contribution in [0.1, 0.15) is 87.3 Å². The molecule has 0 amide bonds. The average molecular weight is 601 g/mol. The molecule has 0 aromatic carbocycles. The number of rotatable bonds is 20. The number of aliphatic imine (C=N–C) groups is 1. The van der Waals surface area contributed by atoms with Gasteiger partial charge in [-0.3, -0.25) is 19.8 Å². The Bertz CT molecular complexity index is 1090. The van der Waals surface area contributed by atoms with Crippen molar-refractivity contribution in [3.63, 3.8) is 0 Å². The van der Waals surface area contributed by atoms with Crippen molar-refractivity contribution in [2.45, 2.75) is 88.1 Å². The van der Waals surface area contributed by atoms with Crippen LogP contribution in [0.3, 0.4) is 0 Å². The minimum atomic E-state index is -0.0247. The van der Waals surface area contributed by atoms with E-state index in [0.29, 0.717) is 5.92 Å². The first kappa shape index (κ1) is 40.9. The van der Waals surface area contributed by atoms with Gasteiger partial charge in [-0.05, 0) is 64.7 Å². The third-order valence-electron chi connectivity index (χ3n) is 7.52. The summed E-state index contributed by atoms with van der Waals surface area (Å²) in [7, 11) is 0. The molecule has 0 aliphatic carbocycles. The van der Waals surface area contributed by atoms with Crippen molar-refractivity contribution in [1.82, 2.24) is 14.8 Å². The van der Waals surface area contributed by atoms with Crippen molar-refractivity contribution in [1.29, 1.82) is 0 Å². The number of hydrogen-bond donors (Lipinski definition) is 0. The molecule has 0 saturated heterocycles. The molecule has 0 spiro atoms. The molecule has 0 aliphatic rings. The maximum absolute atomic E-state index is 4.58. The summed E-state index contributed by atoms with van der Waals surface area (Å²) in [6.07, 6.45) is 26.5. The van der Waals surface area contributed by atoms with Gasteiger partial charge in [0.2, 0.25) is 0 Å². The second-order valence-corrected chi connectivity index (χ2v) is 12.0. The van der Waals surface area contributed by atoms with Crippen LogP contribution in [0.15, 0.2) is 115 Å². The molecular weight excluding hydrogens is 536 g/mol. The van der Waals surface area contributed by atoms with Crippen LogP contribution >= 0.6 is 0 Å². The van der Waals surface area contributed by atoms with E-state index >= 15 is 0 Å². The molecule has 0 saturated carbocycles. The number of aromatic nitrogens is 1. The predicted octanol–water partition coefficient (Wildman–Crippen LogP) is 10.4. The first-order valence-corrected chi connectivity index (χ1v) is 16.5. The second-order valence-electron chi connectivity index (χ2n) is 12.0. The zero-order valence-electron chi connectivity index (χ0n) is 29.7. The third kappa shape index (κ3) is 20.0. The fourth-order valence-electron chi connectivity index (χ4n) is 4.27. The summed E-state index contributed by atoms with van der Waals surface area (Å²) in [5.41, 5.74) is 4.90. The van der Waals surface area contributed by atoms with E-state index in [1.165, 1.54) is 24.0 Å². The van der Waals surface area contributed by atoms with Gasteiger partial charge < -0.3 is 0 Å². The summed E-state index contributed by atoms with van der Waals surface area (Å²) in [6, 6.07) is 6.15. The van der Waals surface area contributed by atoms with Crippen molar-refractivity contribution in [3.8, 4) is 0 Å². The van der Waals surface area contributed by atoms with E-state index in [0.717, 1.165) is 57.1 Å². The van der Waals surface area contributed by atoms with E-state index in [4.69, 9.17) is 0 Å². The first-order chi connectivity index (χ1) is 21.1. The molecule has 4 nitrogen and oxygen atoms in total. The Balaban J connectivity index is 0.00000278. The Labute approximate surface area is 272 Å². The molecular formula is C40H64N4. The van der Waals surface area contributed by atoms with E-state index in [1.54, 1.807) is 6.20 Å². The summed E-state index contributed by atoms with van der Waals surface area (Å²) in [5, 5.41) is 0. The summed E-state index contributed by atoms with van der Waals surface area (Å²) in [6.45, 7) is 32.6. The number of hydrogen-bond acceptors (Lipinski definition) is 4. The van der Waals surface area contributed by atoms with Crippen LogP contribution in [-0.4, -0.2) is 53.2 Å². The minimum Gasteiger partial charge on any atom is -0.292 e. The van der Waals surface area contributed by atoms with Crippen LogP contribution in [0, 0.1) is 11.3 Å². The molecule has 1 heterocycles. The maximum atomic E-state index is 4.58. The van der Waals surface area contributed by atoms with Crippen molar-refractivity contribution < 1.29 is 0 Å². The summed E-state index contributed by atoms with van der Waals surface area (Å²) < 4.78 is 0. The lowest BCUT2D eigenvalue weighted by Gasteiger charge is -2.30. The number of nitrogens with zero attached hydrogens (tertiary/aromatic N) is 4. The molecule has 0 fully saturated rings. The maximum Gasteiger partial charge on any atom is 0.0544 e. The SMILES string of the molecule is C/C=C/CCC.C=CN=C(/C=C\C)CN(CCN(C/C(C)=C/C)Cc1ccccn1)C/C(=C/C=C\C(C)(C)C=C)C(C)CC. The lowest BCUT2D eigenvalue weighted by Crippen LogP contribution is -2.39. The first-order valence-electron chi connectivity index (χ1n) is 16.5. The normalized spacial score (nSPS) is 14.1. The Kier molecular flexibility index (Phi) is 23.5. The Hall–Kier alpha value is -3.08. The van der Waals surface area contributed by atoms with Gasteiger partial charge in [0.1, 0.15) is 0 Å². The van der Waals surface area contributed by atoms with Gasteiger partial charge in [-0.15, -0.1) is 6.58 Å². The van der Waals surface area contributed by atoms with E-state index in [-0.39, 0.29) is 5.41 Å². The number of allylic oxidation sites excluding steroid dienone is 8. The van der Waals surface area contributed by atoms with Crippen LogP contribution < -0.4 is 0 Å². The molecule has 0 aliphatic heterocycles. The Morgan fingerprint density at radius 3 is 2.27 bits per heavy atom. The zero-order valence-corrected chi connectivity index (χ0v) is 29.7. The fourth-order valence-corrected chi connectivity index (χ4v) is 4.27. The highest BCUT2D eigenvalue weighted by atomic mass is 15.2. The molecule has 44 heavy (non-hydrogen) atoms. The monoisotopic (exact) mass is 601 g/mol. The lowest BCUT2D eigenvalue weighted by atomic mass is 9.92. The van der Waals surface area contributed by atoms with Crippen LogP contribution in [0.25, 0.3) is 0 Å². The molecule has 1 aromatic rings. The second kappa shape index (κ2) is 25.3. The molecule has 0 bridgehead atoms. The highest BCUT2D eigenvalue weighted by molar-refractivity contribution is 5.96.